The number of hydrogen-bond donors (Lipinski definition) is 0. The van der Waals surface area contributed by atoms with Crippen molar-refractivity contribution in [2.45, 2.75) is 0 Å². The van der Waals surface area contributed by atoms with Gasteiger partial charge in [0.1, 0.15) is 5.52 Å². The fourth-order valence-electron chi connectivity index (χ4n) is 8.08. The minimum atomic E-state index is 0.578. The Hall–Kier alpha value is -7.21. The summed E-state index contributed by atoms with van der Waals surface area (Å²) >= 11 is 1.83. The van der Waals surface area contributed by atoms with E-state index in [1.54, 1.807) is 0 Å². The summed E-state index contributed by atoms with van der Waals surface area (Å²) in [5.74, 6) is 0.578. The van der Waals surface area contributed by atoms with Crippen LogP contribution >= 0.6 is 11.3 Å². The minimum Gasteiger partial charge on any atom is -0.435 e. The van der Waals surface area contributed by atoms with Crippen LogP contribution < -0.4 is 9.80 Å². The van der Waals surface area contributed by atoms with Crippen LogP contribution in [0.5, 0.6) is 0 Å². The maximum absolute atomic E-state index is 7.04. The van der Waals surface area contributed by atoms with Crippen molar-refractivity contribution in [3.63, 3.8) is 0 Å². The van der Waals surface area contributed by atoms with E-state index >= 15 is 0 Å². The Balaban J connectivity index is 1.23. The molecule has 4 nitrogen and oxygen atoms in total. The predicted molar refractivity (Wildman–Crippen MR) is 237 cm³/mol. The van der Waals surface area contributed by atoms with Gasteiger partial charge in [-0.2, -0.15) is 0 Å². The lowest BCUT2D eigenvalue weighted by Crippen LogP contribution is -2.12. The molecule has 0 atom stereocenters. The van der Waals surface area contributed by atoms with Crippen molar-refractivity contribution in [3.05, 3.63) is 200 Å². The molecule has 11 rings (SSSR count). The van der Waals surface area contributed by atoms with Gasteiger partial charge in [0.25, 0.3) is 0 Å². The summed E-state index contributed by atoms with van der Waals surface area (Å²) in [5.41, 5.74) is 8.65. The average molecular weight is 736 g/mol. The molecule has 0 amide bonds. The molecule has 0 bridgehead atoms. The molecular formula is C51H33N3OS. The number of para-hydroxylation sites is 2. The zero-order chi connectivity index (χ0) is 37.0. The first-order chi connectivity index (χ1) is 27.8. The quantitative estimate of drug-likeness (QED) is 0.163. The van der Waals surface area contributed by atoms with E-state index in [0.29, 0.717) is 5.89 Å². The largest absolute Gasteiger partial charge is 0.435 e. The van der Waals surface area contributed by atoms with Crippen LogP contribution in [0, 0.1) is 0 Å². The van der Waals surface area contributed by atoms with Crippen molar-refractivity contribution in [1.82, 2.24) is 4.98 Å². The molecule has 0 fully saturated rings. The number of nitrogens with zero attached hydrogens (tertiary/aromatic N) is 3. The molecule has 2 aromatic heterocycles. The Labute approximate surface area is 327 Å². The summed E-state index contributed by atoms with van der Waals surface area (Å²) in [6, 6.07) is 70.7. The highest BCUT2D eigenvalue weighted by molar-refractivity contribution is 7.26. The van der Waals surface area contributed by atoms with Crippen LogP contribution in [0.4, 0.5) is 34.1 Å². The van der Waals surface area contributed by atoms with Crippen molar-refractivity contribution in [1.29, 1.82) is 0 Å². The minimum absolute atomic E-state index is 0.578. The number of fused-ring (bicyclic) bond motifs is 7. The van der Waals surface area contributed by atoms with Gasteiger partial charge in [-0.05, 0) is 89.0 Å². The second-order valence-electron chi connectivity index (χ2n) is 14.0. The number of oxazole rings is 1. The highest BCUT2D eigenvalue weighted by atomic mass is 32.1. The smallest absolute Gasteiger partial charge is 0.227 e. The Morgan fingerprint density at radius 1 is 0.429 bits per heavy atom. The first kappa shape index (κ1) is 32.2. The zero-order valence-corrected chi connectivity index (χ0v) is 31.0. The third-order valence-electron chi connectivity index (χ3n) is 10.6. The zero-order valence-electron chi connectivity index (χ0n) is 30.2. The van der Waals surface area contributed by atoms with E-state index in [0.717, 1.165) is 61.6 Å². The summed E-state index contributed by atoms with van der Waals surface area (Å²) in [6.07, 6.45) is 0. The summed E-state index contributed by atoms with van der Waals surface area (Å²) in [7, 11) is 0. The van der Waals surface area contributed by atoms with Crippen molar-refractivity contribution < 1.29 is 4.42 Å². The molecule has 0 saturated carbocycles. The Bertz CT molecular complexity index is 3210. The van der Waals surface area contributed by atoms with Crippen molar-refractivity contribution in [2.75, 3.05) is 9.80 Å². The molecule has 0 N–H and O–H groups in total. The number of hydrogen-bond acceptors (Lipinski definition) is 5. The van der Waals surface area contributed by atoms with E-state index in [4.69, 9.17) is 9.40 Å². The topological polar surface area (TPSA) is 32.5 Å². The first-order valence-corrected chi connectivity index (χ1v) is 19.6. The van der Waals surface area contributed by atoms with E-state index in [1.807, 2.05) is 29.5 Å². The van der Waals surface area contributed by atoms with Gasteiger partial charge in [0.05, 0.1) is 27.1 Å². The van der Waals surface area contributed by atoms with Gasteiger partial charge < -0.3 is 14.2 Å². The van der Waals surface area contributed by atoms with E-state index in [9.17, 15) is 0 Å². The Kier molecular flexibility index (Phi) is 7.64. The second-order valence-corrected chi connectivity index (χ2v) is 15.0. The molecule has 0 aliphatic heterocycles. The molecule has 0 spiro atoms. The van der Waals surface area contributed by atoms with Gasteiger partial charge in [-0.1, -0.05) is 127 Å². The van der Waals surface area contributed by atoms with Crippen molar-refractivity contribution >= 4 is 98.3 Å². The molecule has 9 aromatic carbocycles. The average Bonchev–Trinajstić information content (AvgIpc) is 3.89. The molecule has 264 valence electrons. The Morgan fingerprint density at radius 3 is 1.86 bits per heavy atom. The fourth-order valence-corrected chi connectivity index (χ4v) is 9.28. The molecule has 0 aliphatic rings. The van der Waals surface area contributed by atoms with Gasteiger partial charge >= 0.3 is 0 Å². The van der Waals surface area contributed by atoms with Crippen LogP contribution in [0.25, 0.3) is 64.3 Å². The van der Waals surface area contributed by atoms with Crippen LogP contribution in [0.3, 0.4) is 0 Å². The highest BCUT2D eigenvalue weighted by Gasteiger charge is 2.27. The van der Waals surface area contributed by atoms with Gasteiger partial charge in [-0.15, -0.1) is 11.3 Å². The lowest BCUT2D eigenvalue weighted by Gasteiger charge is -2.29. The van der Waals surface area contributed by atoms with Gasteiger partial charge in [0.2, 0.25) is 5.89 Å². The predicted octanol–water partition coefficient (Wildman–Crippen LogP) is 15.1. The van der Waals surface area contributed by atoms with Gasteiger partial charge in [0.15, 0.2) is 5.58 Å². The molecule has 0 unspecified atom stereocenters. The molecule has 56 heavy (non-hydrogen) atoms. The van der Waals surface area contributed by atoms with E-state index < -0.39 is 0 Å². The molecule has 11 aromatic rings. The van der Waals surface area contributed by atoms with Crippen molar-refractivity contribution in [3.8, 4) is 11.5 Å². The molecular weight excluding hydrogens is 703 g/mol. The molecule has 5 heteroatoms. The normalized spacial score (nSPS) is 11.6. The van der Waals surface area contributed by atoms with Crippen LogP contribution in [-0.4, -0.2) is 4.98 Å². The lowest BCUT2D eigenvalue weighted by atomic mass is 10.0. The maximum atomic E-state index is 7.04. The number of thiophene rings is 1. The number of benzene rings is 9. The molecule has 0 aliphatic carbocycles. The summed E-state index contributed by atoms with van der Waals surface area (Å²) in [6.45, 7) is 0. The maximum Gasteiger partial charge on any atom is 0.227 e. The Morgan fingerprint density at radius 2 is 1.05 bits per heavy atom. The molecule has 2 heterocycles. The van der Waals surface area contributed by atoms with Gasteiger partial charge in [-0.3, -0.25) is 0 Å². The standard InChI is InChI=1S/C51H33N3OS/c1-4-17-35(18-5-1)51-52-48-45(54(39-23-8-3-9-24-39)44-28-15-26-42-41-25-12-13-29-46(41)56-50(42)44)33-37-20-14-27-43(47(37)49(48)55-51)53(38-21-6-2-7-22-38)40-31-30-34-16-10-11-19-36(34)32-40/h1-33H. The van der Waals surface area contributed by atoms with Crippen molar-refractivity contribution in [2.24, 2.45) is 0 Å². The SMILES string of the molecule is c1ccc(-c2nc3c(N(c4ccccc4)c4cccc5c4sc4ccccc45)cc4cccc(N(c5ccccc5)c5ccc6ccccc6c5)c4c3o2)cc1. The third-order valence-corrected chi connectivity index (χ3v) is 11.8. The van der Waals surface area contributed by atoms with E-state index in [1.165, 1.54) is 30.9 Å². The molecule has 0 radical (unpaired) electrons. The highest BCUT2D eigenvalue weighted by Crippen LogP contribution is 2.50. The van der Waals surface area contributed by atoms with Crippen LogP contribution in [0.15, 0.2) is 205 Å². The summed E-state index contributed by atoms with van der Waals surface area (Å²) < 4.78 is 9.52. The number of anilines is 6. The number of rotatable bonds is 7. The second kappa shape index (κ2) is 13.3. The third kappa shape index (κ3) is 5.32. The van der Waals surface area contributed by atoms with E-state index in [-0.39, 0.29) is 0 Å². The summed E-state index contributed by atoms with van der Waals surface area (Å²) in [5, 5.41) is 6.92. The van der Waals surface area contributed by atoms with E-state index in [2.05, 4.69) is 192 Å². The first-order valence-electron chi connectivity index (χ1n) is 18.8. The van der Waals surface area contributed by atoms with Crippen LogP contribution in [0.2, 0.25) is 0 Å². The van der Waals surface area contributed by atoms with Crippen LogP contribution in [-0.2, 0) is 0 Å². The fraction of sp³-hybridized carbons (Fsp3) is 0. The molecule has 0 saturated heterocycles. The summed E-state index contributed by atoms with van der Waals surface area (Å²) in [4.78, 5) is 10.1. The van der Waals surface area contributed by atoms with Gasteiger partial charge in [-0.25, -0.2) is 4.98 Å². The lowest BCUT2D eigenvalue weighted by molar-refractivity contribution is 0.623. The van der Waals surface area contributed by atoms with Gasteiger partial charge in [0, 0.05) is 38.1 Å². The van der Waals surface area contributed by atoms with Crippen LogP contribution in [0.1, 0.15) is 0 Å². The monoisotopic (exact) mass is 735 g/mol. The number of aromatic nitrogens is 1.